The molecule has 1 amide bonds. The Labute approximate surface area is 155 Å². The second kappa shape index (κ2) is 7.57. The van der Waals surface area contributed by atoms with E-state index in [1.54, 1.807) is 24.5 Å². The molecule has 0 spiro atoms. The van der Waals surface area contributed by atoms with Crippen molar-refractivity contribution < 1.29 is 14.3 Å². The van der Waals surface area contributed by atoms with Gasteiger partial charge in [-0.25, -0.2) is 9.78 Å². The molecule has 0 atom stereocenters. The average Bonchev–Trinajstić information content (AvgIpc) is 3.11. The fourth-order valence-corrected chi connectivity index (χ4v) is 2.54. The van der Waals surface area contributed by atoms with Crippen LogP contribution in [-0.4, -0.2) is 21.0 Å². The molecule has 7 heteroatoms. The van der Waals surface area contributed by atoms with Crippen molar-refractivity contribution in [3.63, 3.8) is 0 Å². The lowest BCUT2D eigenvalue weighted by Crippen LogP contribution is -2.16. The number of aromatic amines is 1. The Morgan fingerprint density at radius 3 is 2.74 bits per heavy atom. The first kappa shape index (κ1) is 16.6. The number of hydrogen-bond donors (Lipinski definition) is 2. The van der Waals surface area contributed by atoms with Crippen LogP contribution < -0.4 is 14.8 Å². The lowest BCUT2D eigenvalue weighted by atomic mass is 10.2. The minimum atomic E-state index is -0.594. The maximum Gasteiger partial charge on any atom is 0.417 e. The van der Waals surface area contributed by atoms with Crippen LogP contribution in [0.1, 0.15) is 5.69 Å². The van der Waals surface area contributed by atoms with Crippen molar-refractivity contribution >= 4 is 22.7 Å². The van der Waals surface area contributed by atoms with Crippen LogP contribution in [0.4, 0.5) is 10.5 Å². The number of amides is 1. The Morgan fingerprint density at radius 2 is 1.93 bits per heavy atom. The van der Waals surface area contributed by atoms with Gasteiger partial charge in [0.05, 0.1) is 17.6 Å². The van der Waals surface area contributed by atoms with E-state index in [0.717, 1.165) is 16.6 Å². The Balaban J connectivity index is 1.34. The number of rotatable bonds is 5. The number of pyridine rings is 2. The number of aromatic nitrogens is 3. The average molecular weight is 360 g/mol. The third-order valence-corrected chi connectivity index (χ3v) is 3.83. The predicted octanol–water partition coefficient (Wildman–Crippen LogP) is 4.15. The monoisotopic (exact) mass is 360 g/mol. The number of H-pyrrole nitrogens is 1. The molecule has 0 bridgehead atoms. The molecule has 3 aromatic heterocycles. The Hall–Kier alpha value is -3.87. The SMILES string of the molecule is O=C(Nc1ccc(OCc2ccccn2)nc1)Oc1c[nH]c2ccccc12. The third kappa shape index (κ3) is 4.04. The Kier molecular flexibility index (Phi) is 4.65. The molecule has 1 aromatic carbocycles. The summed E-state index contributed by atoms with van der Waals surface area (Å²) in [5.74, 6) is 0.905. The number of nitrogens with one attached hydrogen (secondary N) is 2. The molecular formula is C20H16N4O3. The second-order valence-corrected chi connectivity index (χ2v) is 5.71. The van der Waals surface area contributed by atoms with Gasteiger partial charge in [0.1, 0.15) is 6.61 Å². The van der Waals surface area contributed by atoms with Crippen LogP contribution in [0, 0.1) is 0 Å². The summed E-state index contributed by atoms with van der Waals surface area (Å²) in [5.41, 5.74) is 2.21. The lowest BCUT2D eigenvalue weighted by Gasteiger charge is -2.07. The van der Waals surface area contributed by atoms with Gasteiger partial charge in [-0.15, -0.1) is 0 Å². The molecule has 4 aromatic rings. The van der Waals surface area contributed by atoms with Crippen LogP contribution in [0.5, 0.6) is 11.6 Å². The number of hydrogen-bond acceptors (Lipinski definition) is 5. The number of carbonyl (C=O) groups is 1. The van der Waals surface area contributed by atoms with Gasteiger partial charge in [0.2, 0.25) is 5.88 Å². The van der Waals surface area contributed by atoms with E-state index in [1.807, 2.05) is 42.5 Å². The number of carbonyl (C=O) groups excluding carboxylic acids is 1. The molecular weight excluding hydrogens is 344 g/mol. The molecule has 0 aliphatic heterocycles. The molecule has 0 saturated heterocycles. The summed E-state index contributed by atoms with van der Waals surface area (Å²) in [6.07, 6.45) is 4.27. The van der Waals surface area contributed by atoms with E-state index in [0.29, 0.717) is 23.9 Å². The number of para-hydroxylation sites is 1. The summed E-state index contributed by atoms with van der Waals surface area (Å²) in [5, 5.41) is 3.48. The van der Waals surface area contributed by atoms with Crippen molar-refractivity contribution in [1.29, 1.82) is 0 Å². The summed E-state index contributed by atoms with van der Waals surface area (Å²) >= 11 is 0. The van der Waals surface area contributed by atoms with E-state index < -0.39 is 6.09 Å². The molecule has 3 heterocycles. The maximum atomic E-state index is 12.1. The molecule has 0 aliphatic rings. The van der Waals surface area contributed by atoms with Crippen LogP contribution in [0.3, 0.4) is 0 Å². The normalized spacial score (nSPS) is 10.5. The van der Waals surface area contributed by atoms with Gasteiger partial charge < -0.3 is 14.5 Å². The molecule has 4 rings (SSSR count). The highest BCUT2D eigenvalue weighted by Crippen LogP contribution is 2.25. The molecule has 27 heavy (non-hydrogen) atoms. The van der Waals surface area contributed by atoms with Gasteiger partial charge in [0.15, 0.2) is 5.75 Å². The van der Waals surface area contributed by atoms with Gasteiger partial charge in [-0.2, -0.15) is 0 Å². The highest BCUT2D eigenvalue weighted by Gasteiger charge is 2.10. The molecule has 7 nitrogen and oxygen atoms in total. The highest BCUT2D eigenvalue weighted by atomic mass is 16.6. The smallest absolute Gasteiger partial charge is 0.417 e. The Morgan fingerprint density at radius 1 is 1.04 bits per heavy atom. The molecule has 0 aliphatic carbocycles. The fraction of sp³-hybridized carbons (Fsp3) is 0.0500. The third-order valence-electron chi connectivity index (χ3n) is 3.83. The van der Waals surface area contributed by atoms with Gasteiger partial charge in [-0.3, -0.25) is 10.3 Å². The summed E-state index contributed by atoms with van der Waals surface area (Å²) in [6.45, 7) is 0.323. The van der Waals surface area contributed by atoms with Gasteiger partial charge in [0.25, 0.3) is 0 Å². The van der Waals surface area contributed by atoms with Crippen molar-refractivity contribution in [3.05, 3.63) is 78.9 Å². The summed E-state index contributed by atoms with van der Waals surface area (Å²) in [6, 6.07) is 16.6. The topological polar surface area (TPSA) is 89.1 Å². The summed E-state index contributed by atoms with van der Waals surface area (Å²) < 4.78 is 10.9. The van der Waals surface area contributed by atoms with Crippen molar-refractivity contribution in [2.45, 2.75) is 6.61 Å². The van der Waals surface area contributed by atoms with Crippen molar-refractivity contribution in [1.82, 2.24) is 15.0 Å². The fourth-order valence-electron chi connectivity index (χ4n) is 2.54. The molecule has 2 N–H and O–H groups in total. The zero-order valence-electron chi connectivity index (χ0n) is 14.3. The molecule has 134 valence electrons. The molecule has 0 unspecified atom stereocenters. The van der Waals surface area contributed by atoms with Crippen LogP contribution >= 0.6 is 0 Å². The van der Waals surface area contributed by atoms with Crippen molar-refractivity contribution in [2.24, 2.45) is 0 Å². The van der Waals surface area contributed by atoms with Crippen LogP contribution in [0.2, 0.25) is 0 Å². The standard InChI is InChI=1S/C20H16N4O3/c25-20(27-18-12-22-17-7-2-1-6-16(17)18)24-14-8-9-19(23-11-14)26-13-15-5-3-4-10-21-15/h1-12,22H,13H2,(H,24,25). The van der Waals surface area contributed by atoms with E-state index in [-0.39, 0.29) is 0 Å². The van der Waals surface area contributed by atoms with E-state index in [4.69, 9.17) is 9.47 Å². The minimum Gasteiger partial charge on any atom is -0.471 e. The Bertz CT molecular complexity index is 1050. The van der Waals surface area contributed by atoms with Crippen molar-refractivity contribution in [2.75, 3.05) is 5.32 Å². The number of anilines is 1. The van der Waals surface area contributed by atoms with Gasteiger partial charge in [-0.1, -0.05) is 18.2 Å². The summed E-state index contributed by atoms with van der Waals surface area (Å²) in [4.78, 5) is 23.5. The van der Waals surface area contributed by atoms with Gasteiger partial charge in [-0.05, 0) is 30.3 Å². The first-order valence-electron chi connectivity index (χ1n) is 8.32. The van der Waals surface area contributed by atoms with Crippen LogP contribution in [0.25, 0.3) is 10.9 Å². The molecule has 0 radical (unpaired) electrons. The number of nitrogens with zero attached hydrogens (tertiary/aromatic N) is 2. The first-order chi connectivity index (χ1) is 13.3. The zero-order valence-corrected chi connectivity index (χ0v) is 14.3. The van der Waals surface area contributed by atoms with Crippen LogP contribution in [0.15, 0.2) is 73.2 Å². The second-order valence-electron chi connectivity index (χ2n) is 5.71. The van der Waals surface area contributed by atoms with Crippen LogP contribution in [-0.2, 0) is 6.61 Å². The lowest BCUT2D eigenvalue weighted by molar-refractivity contribution is 0.215. The number of fused-ring (bicyclic) bond motifs is 1. The number of ether oxygens (including phenoxy) is 2. The highest BCUT2D eigenvalue weighted by molar-refractivity contribution is 5.92. The summed E-state index contributed by atoms with van der Waals surface area (Å²) in [7, 11) is 0. The van der Waals surface area contributed by atoms with Gasteiger partial charge >= 0.3 is 6.09 Å². The predicted molar refractivity (Wildman–Crippen MR) is 101 cm³/mol. The van der Waals surface area contributed by atoms with E-state index in [1.165, 1.54) is 6.20 Å². The molecule has 0 fully saturated rings. The quantitative estimate of drug-likeness (QED) is 0.558. The largest absolute Gasteiger partial charge is 0.471 e. The minimum absolute atomic E-state index is 0.323. The van der Waals surface area contributed by atoms with Gasteiger partial charge in [0, 0.05) is 29.4 Å². The first-order valence-corrected chi connectivity index (χ1v) is 8.32. The van der Waals surface area contributed by atoms with E-state index >= 15 is 0 Å². The molecule has 0 saturated carbocycles. The van der Waals surface area contributed by atoms with E-state index in [2.05, 4.69) is 20.3 Å². The zero-order chi connectivity index (χ0) is 18.5. The maximum absolute atomic E-state index is 12.1. The number of benzene rings is 1. The van der Waals surface area contributed by atoms with E-state index in [9.17, 15) is 4.79 Å². The van der Waals surface area contributed by atoms with Crippen molar-refractivity contribution in [3.8, 4) is 11.6 Å².